The number of carbonyl (C=O) groups excluding carboxylic acids is 1. The fraction of sp³-hybridized carbons (Fsp3) is 0.0870. The highest BCUT2D eigenvalue weighted by Gasteiger charge is 2.28. The number of benzene rings is 3. The Kier molecular flexibility index (Phi) is 4.28. The maximum atomic E-state index is 12.6. The second-order valence-corrected chi connectivity index (χ2v) is 6.33. The van der Waals surface area contributed by atoms with Crippen LogP contribution in [0, 0.1) is 0 Å². The second-order valence-electron chi connectivity index (χ2n) is 6.33. The molecule has 3 aromatic carbocycles. The summed E-state index contributed by atoms with van der Waals surface area (Å²) in [6, 6.07) is 28.1. The standard InChI is InChI=1S/C23H20N2O/c1-17(26)25-22-15-9-8-14-20(22)24-21(18-10-4-2-5-11-18)16-23(25)19-12-6-3-7-13-19/h2-16,23-24H,1H3. The van der Waals surface area contributed by atoms with Crippen molar-refractivity contribution in [1.82, 2.24) is 0 Å². The summed E-state index contributed by atoms with van der Waals surface area (Å²) in [6.07, 6.45) is 2.13. The van der Waals surface area contributed by atoms with Crippen LogP contribution in [0.25, 0.3) is 5.70 Å². The van der Waals surface area contributed by atoms with Crippen LogP contribution in [0.4, 0.5) is 11.4 Å². The van der Waals surface area contributed by atoms with Gasteiger partial charge in [0.25, 0.3) is 0 Å². The monoisotopic (exact) mass is 340 g/mol. The highest BCUT2D eigenvalue weighted by atomic mass is 16.2. The van der Waals surface area contributed by atoms with E-state index in [1.165, 1.54) is 0 Å². The largest absolute Gasteiger partial charge is 0.354 e. The van der Waals surface area contributed by atoms with E-state index >= 15 is 0 Å². The van der Waals surface area contributed by atoms with Crippen molar-refractivity contribution in [2.45, 2.75) is 13.0 Å². The molecule has 1 heterocycles. The number of hydrogen-bond donors (Lipinski definition) is 1. The van der Waals surface area contributed by atoms with Crippen LogP contribution in [-0.2, 0) is 4.79 Å². The lowest BCUT2D eigenvalue weighted by Gasteiger charge is -2.29. The number of nitrogens with zero attached hydrogens (tertiary/aromatic N) is 1. The van der Waals surface area contributed by atoms with Gasteiger partial charge in [-0.25, -0.2) is 0 Å². The topological polar surface area (TPSA) is 32.3 Å². The van der Waals surface area contributed by atoms with Crippen LogP contribution >= 0.6 is 0 Å². The molecule has 1 unspecified atom stereocenters. The third-order valence-corrected chi connectivity index (χ3v) is 4.60. The van der Waals surface area contributed by atoms with Crippen molar-refractivity contribution in [3.05, 3.63) is 102 Å². The second kappa shape index (κ2) is 6.89. The molecule has 4 rings (SSSR count). The molecule has 1 aliphatic heterocycles. The Morgan fingerprint density at radius 3 is 2.15 bits per heavy atom. The Bertz CT molecular complexity index is 948. The Balaban J connectivity index is 1.94. The Morgan fingerprint density at radius 2 is 1.46 bits per heavy atom. The highest BCUT2D eigenvalue weighted by Crippen LogP contribution is 2.39. The van der Waals surface area contributed by atoms with Gasteiger partial charge < -0.3 is 5.32 Å². The summed E-state index contributed by atoms with van der Waals surface area (Å²) in [5, 5.41) is 3.53. The summed E-state index contributed by atoms with van der Waals surface area (Å²) in [4.78, 5) is 14.5. The molecule has 0 bridgehead atoms. The van der Waals surface area contributed by atoms with Gasteiger partial charge in [0, 0.05) is 12.6 Å². The quantitative estimate of drug-likeness (QED) is 0.691. The lowest BCUT2D eigenvalue weighted by atomic mass is 10.0. The lowest BCUT2D eigenvalue weighted by molar-refractivity contribution is -0.116. The summed E-state index contributed by atoms with van der Waals surface area (Å²) in [6.45, 7) is 1.62. The first-order valence-electron chi connectivity index (χ1n) is 8.72. The molecule has 0 saturated heterocycles. The summed E-state index contributed by atoms with van der Waals surface area (Å²) in [5.41, 5.74) is 4.98. The van der Waals surface area contributed by atoms with E-state index in [-0.39, 0.29) is 11.9 Å². The number of anilines is 2. The van der Waals surface area contributed by atoms with Gasteiger partial charge in [-0.3, -0.25) is 9.69 Å². The SMILES string of the molecule is CC(=O)N1c2ccccc2NC(c2ccccc2)=CC1c1ccccc1. The molecule has 1 amide bonds. The number of nitrogens with one attached hydrogen (secondary N) is 1. The van der Waals surface area contributed by atoms with Crippen molar-refractivity contribution in [1.29, 1.82) is 0 Å². The first-order chi connectivity index (χ1) is 12.7. The van der Waals surface area contributed by atoms with E-state index in [4.69, 9.17) is 0 Å². The highest BCUT2D eigenvalue weighted by molar-refractivity contribution is 5.99. The van der Waals surface area contributed by atoms with E-state index in [0.717, 1.165) is 28.2 Å². The molecule has 0 aliphatic carbocycles. The Labute approximate surface area is 153 Å². The van der Waals surface area contributed by atoms with Gasteiger partial charge >= 0.3 is 0 Å². The average Bonchev–Trinajstić information content (AvgIpc) is 2.86. The lowest BCUT2D eigenvalue weighted by Crippen LogP contribution is -2.31. The Hall–Kier alpha value is -3.33. The average molecular weight is 340 g/mol. The van der Waals surface area contributed by atoms with Gasteiger partial charge in [-0.15, -0.1) is 0 Å². The van der Waals surface area contributed by atoms with Crippen molar-refractivity contribution in [2.75, 3.05) is 10.2 Å². The van der Waals surface area contributed by atoms with Gasteiger partial charge in [-0.2, -0.15) is 0 Å². The van der Waals surface area contributed by atoms with Gasteiger partial charge in [-0.05, 0) is 29.3 Å². The molecular weight excluding hydrogens is 320 g/mol. The predicted octanol–water partition coefficient (Wildman–Crippen LogP) is 5.25. The van der Waals surface area contributed by atoms with E-state index in [2.05, 4.69) is 35.7 Å². The third kappa shape index (κ3) is 3.00. The number of fused-ring (bicyclic) bond motifs is 1. The van der Waals surface area contributed by atoms with E-state index in [1.54, 1.807) is 6.92 Å². The molecule has 0 spiro atoms. The fourth-order valence-electron chi connectivity index (χ4n) is 3.41. The number of para-hydroxylation sites is 2. The molecule has 3 aromatic rings. The van der Waals surface area contributed by atoms with E-state index in [0.29, 0.717) is 0 Å². The summed E-state index contributed by atoms with van der Waals surface area (Å²) in [5.74, 6) is 0.0127. The molecule has 1 aliphatic rings. The van der Waals surface area contributed by atoms with Crippen LogP contribution in [0.2, 0.25) is 0 Å². The smallest absolute Gasteiger partial charge is 0.224 e. The van der Waals surface area contributed by atoms with E-state index < -0.39 is 0 Å². The van der Waals surface area contributed by atoms with Crippen molar-refractivity contribution in [3.8, 4) is 0 Å². The Morgan fingerprint density at radius 1 is 0.846 bits per heavy atom. The third-order valence-electron chi connectivity index (χ3n) is 4.60. The summed E-state index contributed by atoms with van der Waals surface area (Å²) >= 11 is 0. The molecule has 0 aromatic heterocycles. The van der Waals surface area contributed by atoms with Crippen LogP contribution in [0.5, 0.6) is 0 Å². The normalized spacial score (nSPS) is 16.1. The van der Waals surface area contributed by atoms with Crippen molar-refractivity contribution >= 4 is 23.0 Å². The van der Waals surface area contributed by atoms with Crippen molar-refractivity contribution in [3.63, 3.8) is 0 Å². The minimum absolute atomic E-state index is 0.0127. The van der Waals surface area contributed by atoms with Crippen molar-refractivity contribution in [2.24, 2.45) is 0 Å². The van der Waals surface area contributed by atoms with Crippen LogP contribution in [0.1, 0.15) is 24.1 Å². The zero-order valence-electron chi connectivity index (χ0n) is 14.6. The van der Waals surface area contributed by atoms with Crippen LogP contribution in [0.3, 0.4) is 0 Å². The first kappa shape index (κ1) is 16.2. The number of carbonyl (C=O) groups is 1. The van der Waals surface area contributed by atoms with Crippen molar-refractivity contribution < 1.29 is 4.79 Å². The molecule has 3 heteroatoms. The summed E-state index contributed by atoms with van der Waals surface area (Å²) in [7, 11) is 0. The van der Waals surface area contributed by atoms with Crippen LogP contribution in [0.15, 0.2) is 91.0 Å². The minimum Gasteiger partial charge on any atom is -0.354 e. The van der Waals surface area contributed by atoms with Crippen LogP contribution < -0.4 is 10.2 Å². The molecule has 3 nitrogen and oxygen atoms in total. The van der Waals surface area contributed by atoms with Gasteiger partial charge in [0.2, 0.25) is 5.91 Å². The summed E-state index contributed by atoms with van der Waals surface area (Å²) < 4.78 is 0. The molecular formula is C23H20N2O. The zero-order valence-corrected chi connectivity index (χ0v) is 14.6. The van der Waals surface area contributed by atoms with Gasteiger partial charge in [-0.1, -0.05) is 72.8 Å². The van der Waals surface area contributed by atoms with Gasteiger partial charge in [0.05, 0.1) is 17.4 Å². The van der Waals surface area contributed by atoms with Gasteiger partial charge in [0.15, 0.2) is 0 Å². The number of hydrogen-bond acceptors (Lipinski definition) is 2. The molecule has 128 valence electrons. The molecule has 1 N–H and O–H groups in total. The fourth-order valence-corrected chi connectivity index (χ4v) is 3.41. The molecule has 0 saturated carbocycles. The van der Waals surface area contributed by atoms with Crippen LogP contribution in [-0.4, -0.2) is 5.91 Å². The molecule has 0 fully saturated rings. The molecule has 0 radical (unpaired) electrons. The van der Waals surface area contributed by atoms with E-state index in [1.807, 2.05) is 65.6 Å². The van der Waals surface area contributed by atoms with E-state index in [9.17, 15) is 4.79 Å². The maximum absolute atomic E-state index is 12.6. The number of amides is 1. The maximum Gasteiger partial charge on any atom is 0.224 e. The minimum atomic E-state index is -0.181. The zero-order chi connectivity index (χ0) is 17.9. The molecule has 1 atom stereocenters. The first-order valence-corrected chi connectivity index (χ1v) is 8.72. The number of rotatable bonds is 2. The van der Waals surface area contributed by atoms with Gasteiger partial charge in [0.1, 0.15) is 0 Å². The predicted molar refractivity (Wildman–Crippen MR) is 107 cm³/mol. The molecule has 26 heavy (non-hydrogen) atoms.